The number of anilines is 1. The van der Waals surface area contributed by atoms with Gasteiger partial charge in [0, 0.05) is 23.6 Å². The number of benzene rings is 1. The Morgan fingerprint density at radius 3 is 2.63 bits per heavy atom. The number of aryl methyl sites for hydroxylation is 2. The molecular formula is C14H17NO3S. The molecule has 0 unspecified atom stereocenters. The fraction of sp³-hybridized carbons (Fsp3) is 0.429. The van der Waals surface area contributed by atoms with E-state index in [0.717, 1.165) is 21.9 Å². The van der Waals surface area contributed by atoms with Gasteiger partial charge in [-0.05, 0) is 37.1 Å². The van der Waals surface area contributed by atoms with E-state index in [2.05, 4.69) is 13.0 Å². The Bertz CT molecular complexity index is 528. The summed E-state index contributed by atoms with van der Waals surface area (Å²) in [5.74, 6) is -0.179. The third-order valence-electron chi connectivity index (χ3n) is 3.29. The Kier molecular flexibility index (Phi) is 4.14. The molecule has 1 aliphatic rings. The van der Waals surface area contributed by atoms with Crippen LogP contribution in [0.5, 0.6) is 0 Å². The summed E-state index contributed by atoms with van der Waals surface area (Å²) in [6, 6.07) is 4.13. The van der Waals surface area contributed by atoms with Crippen LogP contribution in [0.25, 0.3) is 0 Å². The molecule has 4 nitrogen and oxygen atoms in total. The van der Waals surface area contributed by atoms with Crippen LogP contribution in [0.2, 0.25) is 0 Å². The van der Waals surface area contributed by atoms with Crippen LogP contribution in [0.1, 0.15) is 24.0 Å². The maximum Gasteiger partial charge on any atom is 0.303 e. The van der Waals surface area contributed by atoms with Crippen LogP contribution in [0.3, 0.4) is 0 Å². The maximum absolute atomic E-state index is 12.1. The molecule has 0 aromatic heterocycles. The number of nitrogens with zero attached hydrogens (tertiary/aromatic N) is 1. The minimum absolute atomic E-state index is 0.0619. The second kappa shape index (κ2) is 5.65. The molecule has 0 fully saturated rings. The summed E-state index contributed by atoms with van der Waals surface area (Å²) in [7, 11) is 0. The van der Waals surface area contributed by atoms with E-state index < -0.39 is 5.97 Å². The van der Waals surface area contributed by atoms with Gasteiger partial charge in [0.1, 0.15) is 0 Å². The van der Waals surface area contributed by atoms with Crippen molar-refractivity contribution in [3.63, 3.8) is 0 Å². The number of carboxylic acid groups (broad SMARTS) is 1. The second-order valence-corrected chi connectivity index (χ2v) is 5.83. The van der Waals surface area contributed by atoms with Gasteiger partial charge < -0.3 is 10.0 Å². The molecule has 0 saturated carbocycles. The lowest BCUT2D eigenvalue weighted by atomic mass is 10.1. The van der Waals surface area contributed by atoms with Crippen molar-refractivity contribution in [1.82, 2.24) is 0 Å². The van der Waals surface area contributed by atoms with E-state index in [9.17, 15) is 9.59 Å². The lowest BCUT2D eigenvalue weighted by Crippen LogP contribution is -2.35. The van der Waals surface area contributed by atoms with Gasteiger partial charge in [-0.15, -0.1) is 11.8 Å². The molecule has 0 bridgehead atoms. The molecule has 1 aliphatic heterocycles. The first-order valence-corrected chi connectivity index (χ1v) is 7.24. The average Bonchev–Trinajstić information content (AvgIpc) is 2.36. The number of rotatable bonds is 3. The van der Waals surface area contributed by atoms with E-state index in [1.165, 1.54) is 5.56 Å². The molecule has 0 saturated heterocycles. The Morgan fingerprint density at radius 1 is 1.26 bits per heavy atom. The van der Waals surface area contributed by atoms with Gasteiger partial charge in [-0.25, -0.2) is 0 Å². The summed E-state index contributed by atoms with van der Waals surface area (Å²) >= 11 is 1.75. The smallest absolute Gasteiger partial charge is 0.303 e. The Hall–Kier alpha value is -1.49. The highest BCUT2D eigenvalue weighted by Gasteiger charge is 2.23. The Morgan fingerprint density at radius 2 is 1.95 bits per heavy atom. The van der Waals surface area contributed by atoms with Gasteiger partial charge in [0.15, 0.2) is 0 Å². The van der Waals surface area contributed by atoms with Crippen molar-refractivity contribution >= 4 is 29.3 Å². The van der Waals surface area contributed by atoms with E-state index in [-0.39, 0.29) is 18.7 Å². The maximum atomic E-state index is 12.1. The molecule has 1 amide bonds. The molecule has 102 valence electrons. The van der Waals surface area contributed by atoms with Crippen molar-refractivity contribution in [3.05, 3.63) is 23.3 Å². The van der Waals surface area contributed by atoms with Crippen LogP contribution in [0.4, 0.5) is 5.69 Å². The summed E-state index contributed by atoms with van der Waals surface area (Å²) in [6.07, 6.45) is -0.0466. The molecular weight excluding hydrogens is 262 g/mol. The van der Waals surface area contributed by atoms with Crippen molar-refractivity contribution in [2.45, 2.75) is 31.6 Å². The van der Waals surface area contributed by atoms with Gasteiger partial charge in [-0.3, -0.25) is 9.59 Å². The van der Waals surface area contributed by atoms with Gasteiger partial charge in [0.2, 0.25) is 5.91 Å². The highest BCUT2D eigenvalue weighted by atomic mass is 32.2. The number of amides is 1. The third-order valence-corrected chi connectivity index (χ3v) is 4.32. The van der Waals surface area contributed by atoms with Gasteiger partial charge >= 0.3 is 5.97 Å². The van der Waals surface area contributed by atoms with Crippen LogP contribution in [-0.4, -0.2) is 29.3 Å². The number of aliphatic carboxylic acids is 1. The fourth-order valence-corrected chi connectivity index (χ4v) is 3.15. The minimum atomic E-state index is -0.931. The highest BCUT2D eigenvalue weighted by Crippen LogP contribution is 2.37. The lowest BCUT2D eigenvalue weighted by molar-refractivity contribution is -0.138. The second-order valence-electron chi connectivity index (χ2n) is 4.69. The summed E-state index contributed by atoms with van der Waals surface area (Å²) in [5, 5.41) is 8.66. The summed E-state index contributed by atoms with van der Waals surface area (Å²) < 4.78 is 0. The summed E-state index contributed by atoms with van der Waals surface area (Å²) in [6.45, 7) is 4.73. The van der Waals surface area contributed by atoms with E-state index >= 15 is 0 Å². The lowest BCUT2D eigenvalue weighted by Gasteiger charge is -2.30. The molecule has 1 heterocycles. The van der Waals surface area contributed by atoms with Crippen LogP contribution in [-0.2, 0) is 9.59 Å². The molecule has 5 heteroatoms. The Balaban J connectivity index is 2.24. The van der Waals surface area contributed by atoms with Gasteiger partial charge in [-0.2, -0.15) is 0 Å². The number of thioether (sulfide) groups is 1. The van der Waals surface area contributed by atoms with Crippen LogP contribution >= 0.6 is 11.8 Å². The molecule has 2 rings (SSSR count). The van der Waals surface area contributed by atoms with Crippen molar-refractivity contribution in [2.75, 3.05) is 17.2 Å². The molecule has 1 N–H and O–H groups in total. The fourth-order valence-electron chi connectivity index (χ4n) is 2.08. The molecule has 0 aliphatic carbocycles. The minimum Gasteiger partial charge on any atom is -0.481 e. The quantitative estimate of drug-likeness (QED) is 0.924. The average molecular weight is 279 g/mol. The van der Waals surface area contributed by atoms with Crippen LogP contribution in [0.15, 0.2) is 17.0 Å². The van der Waals surface area contributed by atoms with E-state index in [1.807, 2.05) is 13.0 Å². The number of fused-ring (bicyclic) bond motifs is 1. The Labute approximate surface area is 116 Å². The van der Waals surface area contributed by atoms with Crippen molar-refractivity contribution in [1.29, 1.82) is 0 Å². The predicted octanol–water partition coefficient (Wildman–Crippen LogP) is 2.61. The normalized spacial score (nSPS) is 14.1. The van der Waals surface area contributed by atoms with Crippen LogP contribution in [0, 0.1) is 13.8 Å². The molecule has 0 atom stereocenters. The monoisotopic (exact) mass is 279 g/mol. The van der Waals surface area contributed by atoms with E-state index in [4.69, 9.17) is 5.11 Å². The SMILES string of the molecule is Cc1cc2c(cc1C)N(C(=O)CCC(=O)O)CCS2. The van der Waals surface area contributed by atoms with Crippen LogP contribution < -0.4 is 4.90 Å². The molecule has 1 aromatic rings. The van der Waals surface area contributed by atoms with Crippen molar-refractivity contribution < 1.29 is 14.7 Å². The zero-order valence-corrected chi connectivity index (χ0v) is 11.9. The van der Waals surface area contributed by atoms with Gasteiger partial charge in [0.05, 0.1) is 12.1 Å². The number of hydrogen-bond acceptors (Lipinski definition) is 3. The highest BCUT2D eigenvalue weighted by molar-refractivity contribution is 7.99. The predicted molar refractivity (Wildman–Crippen MR) is 75.9 cm³/mol. The molecule has 1 aromatic carbocycles. The number of carbonyl (C=O) groups excluding carboxylic acids is 1. The number of hydrogen-bond donors (Lipinski definition) is 1. The first kappa shape index (κ1) is 13.9. The molecule has 19 heavy (non-hydrogen) atoms. The van der Waals surface area contributed by atoms with Gasteiger partial charge in [0.25, 0.3) is 0 Å². The topological polar surface area (TPSA) is 57.6 Å². The molecule has 0 radical (unpaired) electrons. The largest absolute Gasteiger partial charge is 0.481 e. The molecule has 0 spiro atoms. The summed E-state index contributed by atoms with van der Waals surface area (Å²) in [4.78, 5) is 25.5. The number of carbonyl (C=O) groups is 2. The van der Waals surface area contributed by atoms with E-state index in [0.29, 0.717) is 6.54 Å². The zero-order chi connectivity index (χ0) is 14.0. The number of carboxylic acids is 1. The van der Waals surface area contributed by atoms with Crippen molar-refractivity contribution in [3.8, 4) is 0 Å². The first-order valence-electron chi connectivity index (χ1n) is 6.25. The summed E-state index contributed by atoms with van der Waals surface area (Å²) in [5.41, 5.74) is 3.29. The van der Waals surface area contributed by atoms with Gasteiger partial charge in [-0.1, -0.05) is 0 Å². The van der Waals surface area contributed by atoms with Crippen molar-refractivity contribution in [2.24, 2.45) is 0 Å². The third kappa shape index (κ3) is 3.10. The zero-order valence-electron chi connectivity index (χ0n) is 11.1. The standard InChI is InChI=1S/C14H17NO3S/c1-9-7-11-12(8-10(9)2)19-6-5-15(11)13(16)3-4-14(17)18/h7-8H,3-6H2,1-2H3,(H,17,18). The first-order chi connectivity index (χ1) is 8.99. The van der Waals surface area contributed by atoms with E-state index in [1.54, 1.807) is 16.7 Å².